The van der Waals surface area contributed by atoms with Crippen molar-refractivity contribution in [2.24, 2.45) is 0 Å². The molecule has 0 spiro atoms. The van der Waals surface area contributed by atoms with E-state index in [0.717, 1.165) is 24.3 Å². The third-order valence-corrected chi connectivity index (χ3v) is 3.66. The summed E-state index contributed by atoms with van der Waals surface area (Å²) in [6, 6.07) is 10.7. The minimum absolute atomic E-state index is 0.607. The molecule has 0 saturated carbocycles. The second-order valence-corrected chi connectivity index (χ2v) is 5.16. The largest absolute Gasteiger partial charge is 0.298 e. The highest BCUT2D eigenvalue weighted by Gasteiger charge is 2.12. The summed E-state index contributed by atoms with van der Waals surface area (Å²) < 4.78 is 0. The van der Waals surface area contributed by atoms with Gasteiger partial charge in [0.25, 0.3) is 0 Å². The second kappa shape index (κ2) is 7.37. The van der Waals surface area contributed by atoms with E-state index >= 15 is 0 Å². The van der Waals surface area contributed by atoms with E-state index in [-0.39, 0.29) is 0 Å². The highest BCUT2D eigenvalue weighted by Crippen LogP contribution is 2.13. The number of hydrogen-bond acceptors (Lipinski definition) is 3. The maximum absolute atomic E-state index is 8.87. The molecule has 0 aromatic heterocycles. The summed E-state index contributed by atoms with van der Waals surface area (Å²) in [5.74, 6) is 1.16. The quantitative estimate of drug-likeness (QED) is 0.774. The smallest absolute Gasteiger partial charge is 0.0991 e. The van der Waals surface area contributed by atoms with E-state index in [0.29, 0.717) is 6.04 Å². The van der Waals surface area contributed by atoms with Gasteiger partial charge in [0, 0.05) is 18.3 Å². The first kappa shape index (κ1) is 14.1. The van der Waals surface area contributed by atoms with Gasteiger partial charge >= 0.3 is 0 Å². The summed E-state index contributed by atoms with van der Waals surface area (Å²) >= 11 is 1.89. The van der Waals surface area contributed by atoms with E-state index in [9.17, 15) is 0 Å². The van der Waals surface area contributed by atoms with Crippen LogP contribution in [0.4, 0.5) is 0 Å². The number of benzene rings is 1. The van der Waals surface area contributed by atoms with Gasteiger partial charge in [-0.15, -0.1) is 0 Å². The van der Waals surface area contributed by atoms with E-state index in [2.05, 4.69) is 37.3 Å². The van der Waals surface area contributed by atoms with Crippen molar-refractivity contribution >= 4 is 11.8 Å². The predicted molar refractivity (Wildman–Crippen MR) is 75.1 cm³/mol. The van der Waals surface area contributed by atoms with Gasteiger partial charge in [-0.05, 0) is 37.4 Å². The zero-order valence-electron chi connectivity index (χ0n) is 10.8. The molecule has 0 heterocycles. The molecule has 0 aliphatic carbocycles. The van der Waals surface area contributed by atoms with Crippen LogP contribution in [-0.4, -0.2) is 30.0 Å². The maximum Gasteiger partial charge on any atom is 0.0991 e. The lowest BCUT2D eigenvalue weighted by Gasteiger charge is -2.26. The molecule has 1 aromatic carbocycles. The normalized spacial score (nSPS) is 12.4. The lowest BCUT2D eigenvalue weighted by molar-refractivity contribution is 0.248. The summed E-state index contributed by atoms with van der Waals surface area (Å²) in [4.78, 5) is 2.37. The van der Waals surface area contributed by atoms with Crippen LogP contribution in [0.5, 0.6) is 0 Å². The van der Waals surface area contributed by atoms with Gasteiger partial charge in [0.2, 0.25) is 0 Å². The van der Waals surface area contributed by atoms with Crippen molar-refractivity contribution in [2.75, 3.05) is 19.1 Å². The van der Waals surface area contributed by atoms with Crippen LogP contribution in [0.3, 0.4) is 0 Å². The Bertz CT molecular complexity index is 384. The third-order valence-electron chi connectivity index (χ3n) is 2.94. The molecule has 0 saturated heterocycles. The maximum atomic E-state index is 8.87. The number of nitrogens with zero attached hydrogens (tertiary/aromatic N) is 2. The SMILES string of the molecule is CCC(CSC)N(C)Cc1cccc(C#N)c1. The molecule has 0 radical (unpaired) electrons. The summed E-state index contributed by atoms with van der Waals surface area (Å²) in [6.45, 7) is 3.14. The van der Waals surface area contributed by atoms with Crippen molar-refractivity contribution in [3.63, 3.8) is 0 Å². The monoisotopic (exact) mass is 248 g/mol. The lowest BCUT2D eigenvalue weighted by Crippen LogP contribution is -2.32. The summed E-state index contributed by atoms with van der Waals surface area (Å²) in [5, 5.41) is 8.87. The Kier molecular flexibility index (Phi) is 6.10. The van der Waals surface area contributed by atoms with Gasteiger partial charge in [-0.1, -0.05) is 19.1 Å². The fourth-order valence-electron chi connectivity index (χ4n) is 1.91. The standard InChI is InChI=1S/C14H20N2S/c1-4-14(11-17-3)16(2)10-13-7-5-6-12(8-13)9-15/h5-8,14H,4,10-11H2,1-3H3. The van der Waals surface area contributed by atoms with Crippen LogP contribution in [0.1, 0.15) is 24.5 Å². The molecular weight excluding hydrogens is 228 g/mol. The molecule has 1 atom stereocenters. The van der Waals surface area contributed by atoms with E-state index in [1.165, 1.54) is 5.56 Å². The number of rotatable bonds is 6. The van der Waals surface area contributed by atoms with Gasteiger partial charge in [-0.25, -0.2) is 0 Å². The highest BCUT2D eigenvalue weighted by molar-refractivity contribution is 7.98. The molecule has 3 heteroatoms. The van der Waals surface area contributed by atoms with Crippen LogP contribution in [0.25, 0.3) is 0 Å². The van der Waals surface area contributed by atoms with Crippen LogP contribution < -0.4 is 0 Å². The molecule has 2 nitrogen and oxygen atoms in total. The molecule has 17 heavy (non-hydrogen) atoms. The Morgan fingerprint density at radius 3 is 2.82 bits per heavy atom. The topological polar surface area (TPSA) is 27.0 Å². The Balaban J connectivity index is 2.66. The molecule has 1 unspecified atom stereocenters. The molecule has 0 aliphatic rings. The molecule has 0 amide bonds. The van der Waals surface area contributed by atoms with Gasteiger partial charge < -0.3 is 0 Å². The molecule has 1 aromatic rings. The molecule has 1 rings (SSSR count). The fourth-order valence-corrected chi connectivity index (χ4v) is 2.78. The Labute approximate surface area is 109 Å². The Hall–Kier alpha value is -0.980. The van der Waals surface area contributed by atoms with Gasteiger partial charge in [-0.2, -0.15) is 17.0 Å². The molecule has 92 valence electrons. The van der Waals surface area contributed by atoms with Crippen LogP contribution >= 0.6 is 11.8 Å². The second-order valence-electron chi connectivity index (χ2n) is 4.24. The minimum Gasteiger partial charge on any atom is -0.298 e. The average Bonchev–Trinajstić information content (AvgIpc) is 2.36. The van der Waals surface area contributed by atoms with Crippen molar-refractivity contribution in [2.45, 2.75) is 25.9 Å². The van der Waals surface area contributed by atoms with Gasteiger partial charge in [0.05, 0.1) is 11.6 Å². The molecule has 0 bridgehead atoms. The molecule has 0 aliphatic heterocycles. The van der Waals surface area contributed by atoms with Crippen molar-refractivity contribution in [1.82, 2.24) is 4.90 Å². The summed E-state index contributed by atoms with van der Waals surface area (Å²) in [6.07, 6.45) is 3.31. The van der Waals surface area contributed by atoms with Crippen molar-refractivity contribution < 1.29 is 0 Å². The predicted octanol–water partition coefficient (Wildman–Crippen LogP) is 3.13. The van der Waals surface area contributed by atoms with Crippen LogP contribution in [0.2, 0.25) is 0 Å². The van der Waals surface area contributed by atoms with Gasteiger partial charge in [0.1, 0.15) is 0 Å². The number of nitriles is 1. The van der Waals surface area contributed by atoms with Crippen molar-refractivity contribution in [3.05, 3.63) is 35.4 Å². The van der Waals surface area contributed by atoms with Crippen molar-refractivity contribution in [1.29, 1.82) is 5.26 Å². The lowest BCUT2D eigenvalue weighted by atomic mass is 10.1. The van der Waals surface area contributed by atoms with Crippen LogP contribution in [-0.2, 0) is 6.54 Å². The summed E-state index contributed by atoms with van der Waals surface area (Å²) in [7, 11) is 2.16. The van der Waals surface area contributed by atoms with Crippen LogP contribution in [0, 0.1) is 11.3 Å². The average molecular weight is 248 g/mol. The van der Waals surface area contributed by atoms with Gasteiger partial charge in [-0.3, -0.25) is 4.90 Å². The zero-order valence-corrected chi connectivity index (χ0v) is 11.6. The number of thioether (sulfide) groups is 1. The first-order valence-corrected chi connectivity index (χ1v) is 7.28. The molecular formula is C14H20N2S. The molecule has 0 fully saturated rings. The van der Waals surface area contributed by atoms with Crippen LogP contribution in [0.15, 0.2) is 24.3 Å². The van der Waals surface area contributed by atoms with Crippen molar-refractivity contribution in [3.8, 4) is 6.07 Å². The van der Waals surface area contributed by atoms with Gasteiger partial charge in [0.15, 0.2) is 0 Å². The number of hydrogen-bond donors (Lipinski definition) is 0. The third kappa shape index (κ3) is 4.41. The Morgan fingerprint density at radius 1 is 1.47 bits per heavy atom. The van der Waals surface area contributed by atoms with E-state index < -0.39 is 0 Å². The first-order valence-electron chi connectivity index (χ1n) is 5.89. The van der Waals surface area contributed by atoms with E-state index in [4.69, 9.17) is 5.26 Å². The Morgan fingerprint density at radius 2 is 2.24 bits per heavy atom. The summed E-state index contributed by atoms with van der Waals surface area (Å²) in [5.41, 5.74) is 1.96. The molecule has 0 N–H and O–H groups in total. The minimum atomic E-state index is 0.607. The van der Waals surface area contributed by atoms with E-state index in [1.807, 2.05) is 30.0 Å². The first-order chi connectivity index (χ1) is 8.21. The fraction of sp³-hybridized carbons (Fsp3) is 0.500. The highest BCUT2D eigenvalue weighted by atomic mass is 32.2. The van der Waals surface area contributed by atoms with E-state index in [1.54, 1.807) is 0 Å². The zero-order chi connectivity index (χ0) is 12.7.